The summed E-state index contributed by atoms with van der Waals surface area (Å²) < 4.78 is 25.2. The maximum absolute atomic E-state index is 13.8. The molecule has 3 atom stereocenters. The Morgan fingerprint density at radius 1 is 1.29 bits per heavy atom. The van der Waals surface area contributed by atoms with Crippen LogP contribution >= 0.6 is 11.6 Å². The molecule has 0 saturated carbocycles. The van der Waals surface area contributed by atoms with Crippen LogP contribution < -0.4 is 0 Å². The Morgan fingerprint density at radius 3 is 2.85 bits per heavy atom. The molecule has 0 aliphatic carbocycles. The Labute approximate surface area is 209 Å². The Bertz CT molecular complexity index is 944. The van der Waals surface area contributed by atoms with Gasteiger partial charge in [-0.3, -0.25) is 0 Å². The SMILES string of the molecule is [B]=C(CCc1ccccc1[C@@H](C)OC[C@H](O)CN1CCC[C@H]1Cc1ccc(Cl)c(F)c1)OCC. The van der Waals surface area contributed by atoms with Gasteiger partial charge in [-0.05, 0) is 37.0 Å². The minimum absolute atomic E-state index is 0.145. The minimum atomic E-state index is -0.598. The molecular formula is C27H35BClFNO3. The predicted octanol–water partition coefficient (Wildman–Crippen LogP) is 4.89. The van der Waals surface area contributed by atoms with Crippen molar-refractivity contribution in [2.45, 2.75) is 64.2 Å². The van der Waals surface area contributed by atoms with E-state index in [9.17, 15) is 9.50 Å². The molecule has 1 fully saturated rings. The molecule has 2 aromatic carbocycles. The Kier molecular flexibility index (Phi) is 10.6. The monoisotopic (exact) mass is 486 g/mol. The molecule has 183 valence electrons. The van der Waals surface area contributed by atoms with Crippen molar-refractivity contribution in [3.8, 4) is 0 Å². The molecule has 0 aromatic heterocycles. The van der Waals surface area contributed by atoms with Crippen molar-refractivity contribution < 1.29 is 19.0 Å². The standard InChI is InChI=1S/C27H35BClFNO3/c1-3-33-27(28)13-11-21-7-4-5-9-24(21)19(2)34-18-23(32)17-31-14-6-8-22(31)15-20-10-12-25(29)26(30)16-20/h4-5,7,9-10,12,16,19,22-23,32H,3,6,8,11,13-15,17-18H2,1-2H3/t19-,22+,23-/m1/s1. The van der Waals surface area contributed by atoms with Crippen molar-refractivity contribution in [1.82, 2.24) is 4.90 Å². The van der Waals surface area contributed by atoms with Gasteiger partial charge in [-0.2, -0.15) is 0 Å². The van der Waals surface area contributed by atoms with E-state index in [2.05, 4.69) is 17.0 Å². The van der Waals surface area contributed by atoms with Crippen molar-refractivity contribution in [2.24, 2.45) is 0 Å². The van der Waals surface area contributed by atoms with Crippen molar-refractivity contribution in [3.63, 3.8) is 0 Å². The van der Waals surface area contributed by atoms with Gasteiger partial charge in [0.1, 0.15) is 5.82 Å². The Morgan fingerprint density at radius 2 is 2.09 bits per heavy atom. The average molecular weight is 487 g/mol. The van der Waals surface area contributed by atoms with Crippen molar-refractivity contribution in [2.75, 3.05) is 26.3 Å². The van der Waals surface area contributed by atoms with E-state index in [1.807, 2.05) is 32.0 Å². The zero-order valence-electron chi connectivity index (χ0n) is 20.2. The van der Waals surface area contributed by atoms with Gasteiger partial charge in [-0.25, -0.2) is 4.39 Å². The van der Waals surface area contributed by atoms with E-state index in [1.165, 1.54) is 11.6 Å². The third kappa shape index (κ3) is 7.91. The molecule has 0 amide bonds. The van der Waals surface area contributed by atoms with E-state index in [4.69, 9.17) is 28.6 Å². The second-order valence-electron chi connectivity index (χ2n) is 8.97. The number of hydrogen-bond donors (Lipinski definition) is 1. The zero-order valence-corrected chi connectivity index (χ0v) is 20.9. The van der Waals surface area contributed by atoms with Gasteiger partial charge in [0.05, 0.1) is 5.02 Å². The van der Waals surface area contributed by atoms with Crippen molar-refractivity contribution >= 4 is 24.7 Å². The van der Waals surface area contributed by atoms with E-state index < -0.39 is 6.10 Å². The molecule has 1 aliphatic heterocycles. The number of nitrogens with zero attached hydrogens (tertiary/aromatic N) is 1. The van der Waals surface area contributed by atoms with Gasteiger partial charge in [0.25, 0.3) is 0 Å². The maximum atomic E-state index is 13.8. The molecule has 1 N–H and O–H groups in total. The van der Waals surface area contributed by atoms with Gasteiger partial charge in [0.2, 0.25) is 0 Å². The van der Waals surface area contributed by atoms with Gasteiger partial charge in [0.15, 0.2) is 0 Å². The number of aryl methyl sites for hydroxylation is 1. The fraction of sp³-hybridized carbons (Fsp3) is 0.519. The molecule has 1 saturated heterocycles. The quantitative estimate of drug-likeness (QED) is 0.409. The molecule has 0 bridgehead atoms. The number of likely N-dealkylation sites (tertiary alicyclic amines) is 1. The number of hydrogen-bond acceptors (Lipinski definition) is 4. The fourth-order valence-corrected chi connectivity index (χ4v) is 4.77. The summed E-state index contributed by atoms with van der Waals surface area (Å²) in [5.74, 6) is -0.384. The second-order valence-corrected chi connectivity index (χ2v) is 9.38. The summed E-state index contributed by atoms with van der Waals surface area (Å²) >= 11 is 5.81. The summed E-state index contributed by atoms with van der Waals surface area (Å²) in [6.45, 7) is 6.21. The van der Waals surface area contributed by atoms with Crippen LogP contribution in [-0.2, 0) is 22.3 Å². The Balaban J connectivity index is 1.50. The molecule has 34 heavy (non-hydrogen) atoms. The second kappa shape index (κ2) is 13.4. The third-order valence-corrected chi connectivity index (χ3v) is 6.71. The molecule has 0 unspecified atom stereocenters. The van der Waals surface area contributed by atoms with Crippen LogP contribution in [0.1, 0.15) is 55.9 Å². The number of ether oxygens (including phenoxy) is 2. The first-order chi connectivity index (χ1) is 16.4. The molecule has 2 aromatic rings. The molecule has 3 rings (SSSR count). The van der Waals surface area contributed by atoms with Gasteiger partial charge >= 0.3 is 139 Å². The molecule has 1 heterocycles. The van der Waals surface area contributed by atoms with E-state index in [0.29, 0.717) is 25.2 Å². The summed E-state index contributed by atoms with van der Waals surface area (Å²) in [5, 5.41) is 10.8. The normalized spacial score (nSPS) is 18.1. The van der Waals surface area contributed by atoms with Crippen molar-refractivity contribution in [3.05, 3.63) is 70.0 Å². The predicted molar refractivity (Wildman–Crippen MR) is 137 cm³/mol. The van der Waals surface area contributed by atoms with Crippen LogP contribution in [-0.4, -0.2) is 61.6 Å². The van der Waals surface area contributed by atoms with E-state index in [-0.39, 0.29) is 29.6 Å². The first-order valence-electron chi connectivity index (χ1n) is 12.2. The number of aliphatic hydroxyl groups excluding tert-OH is 1. The number of β-amino-alcohol motifs (C(OH)–C–C–N with tert-alkyl or cyclic N) is 1. The van der Waals surface area contributed by atoms with E-state index in [0.717, 1.165) is 43.4 Å². The van der Waals surface area contributed by atoms with Crippen LogP contribution in [0.3, 0.4) is 0 Å². The van der Waals surface area contributed by atoms with Gasteiger partial charge in [0, 0.05) is 0 Å². The summed E-state index contributed by atoms with van der Waals surface area (Å²) in [6.07, 6.45) is 3.54. The molecule has 7 heteroatoms. The molecule has 1 radical (unpaired) electrons. The summed E-state index contributed by atoms with van der Waals surface area (Å²) in [4.78, 5) is 2.28. The first kappa shape index (κ1) is 26.9. The Hall–Kier alpha value is -1.73. The molecular weight excluding hydrogens is 452 g/mol. The average Bonchev–Trinajstić information content (AvgIpc) is 3.25. The van der Waals surface area contributed by atoms with Gasteiger partial charge in [-0.15, -0.1) is 0 Å². The topological polar surface area (TPSA) is 41.9 Å². The van der Waals surface area contributed by atoms with E-state index >= 15 is 0 Å². The van der Waals surface area contributed by atoms with Gasteiger partial charge < -0.3 is 0 Å². The molecule has 1 aliphatic rings. The van der Waals surface area contributed by atoms with Gasteiger partial charge in [-0.1, -0.05) is 17.7 Å². The number of benzene rings is 2. The summed E-state index contributed by atoms with van der Waals surface area (Å²) in [6, 6.07) is 13.4. The summed E-state index contributed by atoms with van der Waals surface area (Å²) in [7, 11) is 5.91. The van der Waals surface area contributed by atoms with Crippen LogP contribution in [0.4, 0.5) is 4.39 Å². The van der Waals surface area contributed by atoms with Crippen LogP contribution in [0, 0.1) is 5.82 Å². The number of rotatable bonds is 13. The van der Waals surface area contributed by atoms with Crippen molar-refractivity contribution in [1.29, 1.82) is 0 Å². The number of halogens is 2. The summed E-state index contributed by atoms with van der Waals surface area (Å²) in [5.41, 5.74) is 3.74. The fourth-order valence-electron chi connectivity index (χ4n) is 4.65. The molecule has 4 nitrogen and oxygen atoms in total. The number of aliphatic hydroxyl groups is 1. The van der Waals surface area contributed by atoms with Crippen LogP contribution in [0.25, 0.3) is 0 Å². The van der Waals surface area contributed by atoms with Crippen LogP contribution in [0.2, 0.25) is 5.02 Å². The van der Waals surface area contributed by atoms with E-state index in [1.54, 1.807) is 6.07 Å². The zero-order chi connectivity index (χ0) is 24.5. The first-order valence-corrected chi connectivity index (χ1v) is 12.5. The molecule has 0 spiro atoms. The third-order valence-electron chi connectivity index (χ3n) is 6.40. The van der Waals surface area contributed by atoms with Crippen LogP contribution in [0.5, 0.6) is 0 Å². The van der Waals surface area contributed by atoms with Crippen LogP contribution in [0.15, 0.2) is 42.5 Å².